The third-order valence-corrected chi connectivity index (χ3v) is 2.11. The molecule has 19 heavy (non-hydrogen) atoms. The van der Waals surface area contributed by atoms with Crippen molar-refractivity contribution in [3.8, 4) is 6.07 Å². The number of nitrogens with one attached hydrogen (secondary N) is 1. The number of nitriles is 1. The Morgan fingerprint density at radius 3 is 2.63 bits per heavy atom. The molecular formula is C12H10F2N2O3. The molecule has 7 heteroatoms. The topological polar surface area (TPSA) is 79.2 Å². The van der Waals surface area contributed by atoms with Crippen LogP contribution >= 0.6 is 0 Å². The molecular weight excluding hydrogens is 258 g/mol. The normalized spacial score (nSPS) is 10.4. The third kappa shape index (κ3) is 3.25. The standard InChI is InChI=1S/C12H10F2N2O3/c1-2-19-11(18)12(13,14)10(17)16-9-6-4-3-5-8(9)7-15/h3-6H,2H2,1H3,(H,16,17). The van der Waals surface area contributed by atoms with Crippen LogP contribution in [0.5, 0.6) is 0 Å². The van der Waals surface area contributed by atoms with Crippen LogP contribution < -0.4 is 5.32 Å². The minimum absolute atomic E-state index is 0.00973. The number of esters is 1. The van der Waals surface area contributed by atoms with Gasteiger partial charge in [-0.25, -0.2) is 4.79 Å². The van der Waals surface area contributed by atoms with E-state index in [0.717, 1.165) is 0 Å². The number of hydrogen-bond acceptors (Lipinski definition) is 4. The molecule has 0 aliphatic carbocycles. The first kappa shape index (κ1) is 14.6. The lowest BCUT2D eigenvalue weighted by Gasteiger charge is -2.14. The summed E-state index contributed by atoms with van der Waals surface area (Å²) in [6, 6.07) is 7.32. The van der Waals surface area contributed by atoms with Gasteiger partial charge in [0.05, 0.1) is 17.9 Å². The first-order chi connectivity index (χ1) is 8.93. The van der Waals surface area contributed by atoms with E-state index in [1.165, 1.54) is 31.2 Å². The molecule has 0 fully saturated rings. The predicted molar refractivity (Wildman–Crippen MR) is 61.4 cm³/mol. The van der Waals surface area contributed by atoms with E-state index in [1.807, 2.05) is 5.32 Å². The van der Waals surface area contributed by atoms with E-state index >= 15 is 0 Å². The van der Waals surface area contributed by atoms with Gasteiger partial charge in [0.25, 0.3) is 0 Å². The van der Waals surface area contributed by atoms with Gasteiger partial charge in [-0.2, -0.15) is 14.0 Å². The molecule has 0 heterocycles. The van der Waals surface area contributed by atoms with Crippen LogP contribution in [-0.2, 0) is 14.3 Å². The summed E-state index contributed by atoms with van der Waals surface area (Å²) in [5.41, 5.74) is -0.0884. The van der Waals surface area contributed by atoms with Crippen molar-refractivity contribution in [1.82, 2.24) is 0 Å². The van der Waals surface area contributed by atoms with Crippen molar-refractivity contribution in [3.05, 3.63) is 29.8 Å². The minimum Gasteiger partial charge on any atom is -0.461 e. The molecule has 0 bridgehead atoms. The van der Waals surface area contributed by atoms with E-state index in [0.29, 0.717) is 0 Å². The second kappa shape index (κ2) is 5.91. The van der Waals surface area contributed by atoms with Crippen molar-refractivity contribution in [3.63, 3.8) is 0 Å². The molecule has 0 spiro atoms. The van der Waals surface area contributed by atoms with Crippen LogP contribution in [0, 0.1) is 11.3 Å². The quantitative estimate of drug-likeness (QED) is 0.665. The first-order valence-electron chi connectivity index (χ1n) is 5.29. The van der Waals surface area contributed by atoms with Crippen LogP contribution in [0.3, 0.4) is 0 Å². The number of para-hydroxylation sites is 1. The fourth-order valence-corrected chi connectivity index (χ4v) is 1.20. The van der Waals surface area contributed by atoms with Crippen molar-refractivity contribution in [2.45, 2.75) is 12.8 Å². The summed E-state index contributed by atoms with van der Waals surface area (Å²) in [7, 11) is 0. The van der Waals surface area contributed by atoms with Gasteiger partial charge < -0.3 is 10.1 Å². The maximum Gasteiger partial charge on any atom is 0.419 e. The number of alkyl halides is 2. The number of benzene rings is 1. The van der Waals surface area contributed by atoms with E-state index in [4.69, 9.17) is 5.26 Å². The maximum absolute atomic E-state index is 13.3. The zero-order chi connectivity index (χ0) is 14.5. The Morgan fingerprint density at radius 1 is 1.42 bits per heavy atom. The average Bonchev–Trinajstić information content (AvgIpc) is 2.39. The van der Waals surface area contributed by atoms with E-state index < -0.39 is 17.8 Å². The van der Waals surface area contributed by atoms with E-state index in [2.05, 4.69) is 4.74 Å². The molecule has 1 rings (SSSR count). The summed E-state index contributed by atoms with van der Waals surface area (Å²) in [5.74, 6) is -8.07. The summed E-state index contributed by atoms with van der Waals surface area (Å²) < 4.78 is 30.8. The van der Waals surface area contributed by atoms with Crippen LogP contribution in [-0.4, -0.2) is 24.4 Å². The minimum atomic E-state index is -4.31. The van der Waals surface area contributed by atoms with Gasteiger partial charge in [-0.15, -0.1) is 0 Å². The number of rotatable bonds is 4. The van der Waals surface area contributed by atoms with Crippen LogP contribution in [0.4, 0.5) is 14.5 Å². The van der Waals surface area contributed by atoms with Crippen molar-refractivity contribution >= 4 is 17.6 Å². The Bertz CT molecular complexity index is 538. The average molecular weight is 268 g/mol. The molecule has 0 saturated heterocycles. The number of carbonyl (C=O) groups is 2. The van der Waals surface area contributed by atoms with Gasteiger partial charge in [-0.1, -0.05) is 12.1 Å². The Balaban J connectivity index is 2.91. The molecule has 1 aromatic rings. The molecule has 0 radical (unpaired) electrons. The number of carbonyl (C=O) groups excluding carboxylic acids is 2. The first-order valence-corrected chi connectivity index (χ1v) is 5.29. The number of anilines is 1. The molecule has 5 nitrogen and oxygen atoms in total. The third-order valence-electron chi connectivity index (χ3n) is 2.11. The largest absolute Gasteiger partial charge is 0.461 e. The monoisotopic (exact) mass is 268 g/mol. The van der Waals surface area contributed by atoms with Gasteiger partial charge in [0.1, 0.15) is 6.07 Å². The van der Waals surface area contributed by atoms with Gasteiger partial charge in [-0.3, -0.25) is 4.79 Å². The summed E-state index contributed by atoms with van der Waals surface area (Å²) in [6.45, 7) is 1.08. The van der Waals surface area contributed by atoms with Crippen molar-refractivity contribution in [2.24, 2.45) is 0 Å². The highest BCUT2D eigenvalue weighted by Crippen LogP contribution is 2.21. The SMILES string of the molecule is CCOC(=O)C(F)(F)C(=O)Nc1ccccc1C#N. The fourth-order valence-electron chi connectivity index (χ4n) is 1.20. The lowest BCUT2D eigenvalue weighted by Crippen LogP contribution is -2.43. The molecule has 0 atom stereocenters. The lowest BCUT2D eigenvalue weighted by molar-refractivity contribution is -0.175. The number of hydrogen-bond donors (Lipinski definition) is 1. The zero-order valence-corrected chi connectivity index (χ0v) is 9.94. The van der Waals surface area contributed by atoms with E-state index in [1.54, 1.807) is 6.07 Å². The van der Waals surface area contributed by atoms with Crippen molar-refractivity contribution in [2.75, 3.05) is 11.9 Å². The summed E-state index contributed by atoms with van der Waals surface area (Å²) in [6.07, 6.45) is 0. The molecule has 0 aliphatic rings. The zero-order valence-electron chi connectivity index (χ0n) is 9.94. The summed E-state index contributed by atoms with van der Waals surface area (Å²) in [5, 5.41) is 10.6. The molecule has 100 valence electrons. The van der Waals surface area contributed by atoms with Gasteiger partial charge in [0.2, 0.25) is 0 Å². The van der Waals surface area contributed by atoms with Crippen molar-refractivity contribution in [1.29, 1.82) is 5.26 Å². The highest BCUT2D eigenvalue weighted by molar-refractivity contribution is 6.10. The molecule has 0 saturated carbocycles. The summed E-state index contributed by atoms with van der Waals surface area (Å²) in [4.78, 5) is 22.3. The predicted octanol–water partition coefficient (Wildman–Crippen LogP) is 1.70. The van der Waals surface area contributed by atoms with Crippen LogP contribution in [0.25, 0.3) is 0 Å². The van der Waals surface area contributed by atoms with Gasteiger partial charge in [0, 0.05) is 0 Å². The highest BCUT2D eigenvalue weighted by Gasteiger charge is 2.49. The Hall–Kier alpha value is -2.49. The van der Waals surface area contributed by atoms with Gasteiger partial charge in [0.15, 0.2) is 0 Å². The molecule has 0 unspecified atom stereocenters. The Labute approximate surface area is 107 Å². The smallest absolute Gasteiger partial charge is 0.419 e. The number of amides is 1. The molecule has 1 aromatic carbocycles. The molecule has 1 N–H and O–H groups in total. The second-order valence-corrected chi connectivity index (χ2v) is 3.41. The van der Waals surface area contributed by atoms with Gasteiger partial charge >= 0.3 is 17.8 Å². The molecule has 0 aromatic heterocycles. The lowest BCUT2D eigenvalue weighted by atomic mass is 10.2. The molecule has 0 aliphatic heterocycles. The Kier molecular flexibility index (Phi) is 4.53. The van der Waals surface area contributed by atoms with Crippen LogP contribution in [0.15, 0.2) is 24.3 Å². The van der Waals surface area contributed by atoms with Crippen molar-refractivity contribution < 1.29 is 23.1 Å². The molecule has 1 amide bonds. The number of halogens is 2. The van der Waals surface area contributed by atoms with E-state index in [-0.39, 0.29) is 17.9 Å². The number of nitrogens with zero attached hydrogens (tertiary/aromatic N) is 1. The maximum atomic E-state index is 13.3. The van der Waals surface area contributed by atoms with Crippen LogP contribution in [0.1, 0.15) is 12.5 Å². The van der Waals surface area contributed by atoms with E-state index in [9.17, 15) is 18.4 Å². The second-order valence-electron chi connectivity index (χ2n) is 3.41. The Morgan fingerprint density at radius 2 is 2.05 bits per heavy atom. The van der Waals surface area contributed by atoms with Crippen LogP contribution in [0.2, 0.25) is 0 Å². The van der Waals surface area contributed by atoms with Gasteiger partial charge in [-0.05, 0) is 19.1 Å². The fraction of sp³-hybridized carbons (Fsp3) is 0.250. The summed E-state index contributed by atoms with van der Waals surface area (Å²) >= 11 is 0. The number of ether oxygens (including phenoxy) is 1. The highest BCUT2D eigenvalue weighted by atomic mass is 19.3.